The largest absolute Gasteiger partial charge is 0.496 e. The van der Waals surface area contributed by atoms with E-state index in [9.17, 15) is 0 Å². The maximum Gasteiger partial charge on any atom is 0.131 e. The summed E-state index contributed by atoms with van der Waals surface area (Å²) >= 11 is 0. The first kappa shape index (κ1) is 11.0. The van der Waals surface area contributed by atoms with Crippen molar-refractivity contribution in [2.45, 2.75) is 20.3 Å². The fourth-order valence-corrected chi connectivity index (χ4v) is 2.31. The molecule has 2 aromatic rings. The van der Waals surface area contributed by atoms with Gasteiger partial charge in [-0.05, 0) is 43.5 Å². The van der Waals surface area contributed by atoms with Gasteiger partial charge in [0.1, 0.15) is 5.75 Å². The van der Waals surface area contributed by atoms with Crippen LogP contribution in [0.3, 0.4) is 0 Å². The number of hydrogen-bond acceptors (Lipinski definition) is 2. The van der Waals surface area contributed by atoms with Gasteiger partial charge in [0.15, 0.2) is 0 Å². The highest BCUT2D eigenvalue weighted by atomic mass is 16.5. The van der Waals surface area contributed by atoms with E-state index in [1.54, 1.807) is 7.11 Å². The average molecular weight is 218 g/mol. The van der Waals surface area contributed by atoms with Gasteiger partial charge in [0, 0.05) is 11.6 Å². The fraction of sp³-hybridized carbons (Fsp3) is 0.385. The van der Waals surface area contributed by atoms with Crippen LogP contribution in [0.1, 0.15) is 16.7 Å². The molecule has 0 aliphatic rings. The van der Waals surface area contributed by atoms with Crippen molar-refractivity contribution in [1.82, 2.24) is 4.98 Å². The molecule has 1 heterocycles. The van der Waals surface area contributed by atoms with Crippen molar-refractivity contribution in [3.05, 3.63) is 29.0 Å². The van der Waals surface area contributed by atoms with Crippen molar-refractivity contribution in [2.24, 2.45) is 5.73 Å². The number of methoxy groups -OCH3 is 1. The minimum atomic E-state index is 0.656. The van der Waals surface area contributed by atoms with Crippen LogP contribution in [0.5, 0.6) is 5.75 Å². The Morgan fingerprint density at radius 1 is 1.31 bits per heavy atom. The number of aryl methyl sites for hydroxylation is 2. The smallest absolute Gasteiger partial charge is 0.131 e. The van der Waals surface area contributed by atoms with Crippen molar-refractivity contribution in [3.8, 4) is 5.75 Å². The number of nitrogens with one attached hydrogen (secondary N) is 1. The van der Waals surface area contributed by atoms with Crippen molar-refractivity contribution in [3.63, 3.8) is 0 Å². The second kappa shape index (κ2) is 4.18. The molecule has 1 aromatic carbocycles. The highest BCUT2D eigenvalue weighted by Gasteiger charge is 2.13. The van der Waals surface area contributed by atoms with Crippen LogP contribution in [0.4, 0.5) is 0 Å². The van der Waals surface area contributed by atoms with Crippen LogP contribution in [0, 0.1) is 13.8 Å². The molecule has 0 atom stereocenters. The minimum absolute atomic E-state index is 0.656. The highest BCUT2D eigenvalue weighted by Crippen LogP contribution is 2.34. The van der Waals surface area contributed by atoms with Gasteiger partial charge in [-0.15, -0.1) is 0 Å². The van der Waals surface area contributed by atoms with Crippen LogP contribution in [-0.4, -0.2) is 18.6 Å². The first-order valence-corrected chi connectivity index (χ1v) is 5.53. The Balaban J connectivity index is 2.77. The van der Waals surface area contributed by atoms with Gasteiger partial charge in [0.05, 0.1) is 12.6 Å². The Labute approximate surface area is 95.6 Å². The Kier molecular flexibility index (Phi) is 2.88. The lowest BCUT2D eigenvalue weighted by Gasteiger charge is -2.10. The molecule has 0 bridgehead atoms. The number of ether oxygens (including phenoxy) is 1. The monoisotopic (exact) mass is 218 g/mol. The van der Waals surface area contributed by atoms with Crippen LogP contribution in [0.15, 0.2) is 12.3 Å². The molecule has 1 aromatic heterocycles. The maximum atomic E-state index is 5.62. The van der Waals surface area contributed by atoms with Gasteiger partial charge in [-0.1, -0.05) is 6.07 Å². The van der Waals surface area contributed by atoms with Crippen LogP contribution < -0.4 is 10.5 Å². The molecule has 3 nitrogen and oxygen atoms in total. The predicted molar refractivity (Wildman–Crippen MR) is 67.1 cm³/mol. The first-order chi connectivity index (χ1) is 7.69. The van der Waals surface area contributed by atoms with E-state index in [1.165, 1.54) is 22.1 Å². The molecule has 86 valence electrons. The highest BCUT2D eigenvalue weighted by molar-refractivity contribution is 5.92. The molecule has 0 spiro atoms. The van der Waals surface area contributed by atoms with E-state index in [2.05, 4.69) is 24.9 Å². The molecule has 2 rings (SSSR count). The van der Waals surface area contributed by atoms with E-state index in [0.717, 1.165) is 17.7 Å². The van der Waals surface area contributed by atoms with Crippen LogP contribution >= 0.6 is 0 Å². The molecule has 0 saturated heterocycles. The van der Waals surface area contributed by atoms with E-state index >= 15 is 0 Å². The van der Waals surface area contributed by atoms with Crippen molar-refractivity contribution >= 4 is 10.9 Å². The summed E-state index contributed by atoms with van der Waals surface area (Å²) in [5.41, 5.74) is 10.4. The van der Waals surface area contributed by atoms with E-state index in [-0.39, 0.29) is 0 Å². The predicted octanol–water partition coefficient (Wildman–Crippen LogP) is 2.29. The van der Waals surface area contributed by atoms with E-state index in [0.29, 0.717) is 6.54 Å². The molecule has 3 heteroatoms. The lowest BCUT2D eigenvalue weighted by Crippen LogP contribution is -2.02. The van der Waals surface area contributed by atoms with Gasteiger partial charge in [-0.3, -0.25) is 0 Å². The summed E-state index contributed by atoms with van der Waals surface area (Å²) in [6, 6.07) is 2.14. The summed E-state index contributed by atoms with van der Waals surface area (Å²) in [4.78, 5) is 3.31. The van der Waals surface area contributed by atoms with Gasteiger partial charge in [-0.2, -0.15) is 0 Å². The van der Waals surface area contributed by atoms with Gasteiger partial charge in [0.2, 0.25) is 0 Å². The molecule has 0 aliphatic carbocycles. The van der Waals surface area contributed by atoms with Crippen LogP contribution in [0.25, 0.3) is 10.9 Å². The summed E-state index contributed by atoms with van der Waals surface area (Å²) in [5, 5.41) is 1.19. The second-order valence-corrected chi connectivity index (χ2v) is 4.15. The van der Waals surface area contributed by atoms with Gasteiger partial charge >= 0.3 is 0 Å². The Morgan fingerprint density at radius 3 is 2.69 bits per heavy atom. The number of aromatic nitrogens is 1. The Bertz CT molecular complexity index is 514. The zero-order valence-electron chi connectivity index (χ0n) is 10.1. The molecule has 0 amide bonds. The summed E-state index contributed by atoms with van der Waals surface area (Å²) in [5.74, 6) is 0.963. The molecule has 0 radical (unpaired) electrons. The quantitative estimate of drug-likeness (QED) is 0.830. The Morgan fingerprint density at radius 2 is 2.06 bits per heavy atom. The molecule has 0 fully saturated rings. The Hall–Kier alpha value is -1.48. The number of rotatable bonds is 3. The average Bonchev–Trinajstić information content (AvgIpc) is 2.64. The third-order valence-electron chi connectivity index (χ3n) is 2.99. The number of nitrogens with two attached hydrogens (primary N) is 1. The lowest BCUT2D eigenvalue weighted by molar-refractivity contribution is 0.416. The van der Waals surface area contributed by atoms with E-state index in [4.69, 9.17) is 10.5 Å². The number of H-pyrrole nitrogens is 1. The lowest BCUT2D eigenvalue weighted by atomic mass is 10.0. The topological polar surface area (TPSA) is 51.0 Å². The number of benzene rings is 1. The molecule has 0 unspecified atom stereocenters. The first-order valence-electron chi connectivity index (χ1n) is 5.53. The molecular formula is C13H18N2O. The summed E-state index contributed by atoms with van der Waals surface area (Å²) in [6.45, 7) is 4.84. The van der Waals surface area contributed by atoms with Gasteiger partial charge < -0.3 is 15.5 Å². The molecule has 0 aliphatic heterocycles. The van der Waals surface area contributed by atoms with Crippen molar-refractivity contribution in [1.29, 1.82) is 0 Å². The molecular weight excluding hydrogens is 200 g/mol. The number of hydrogen-bond donors (Lipinski definition) is 2. The molecule has 16 heavy (non-hydrogen) atoms. The van der Waals surface area contributed by atoms with Gasteiger partial charge in [-0.25, -0.2) is 0 Å². The number of aromatic amines is 1. The third kappa shape index (κ3) is 1.57. The van der Waals surface area contributed by atoms with Crippen molar-refractivity contribution < 1.29 is 4.74 Å². The molecule has 0 saturated carbocycles. The molecule has 3 N–H and O–H groups in total. The SMILES string of the molecule is COc1c(C)cc(C)c2[nH]cc(CCN)c12. The van der Waals surface area contributed by atoms with Crippen LogP contribution in [-0.2, 0) is 6.42 Å². The zero-order chi connectivity index (χ0) is 11.7. The maximum absolute atomic E-state index is 5.62. The fourth-order valence-electron chi connectivity index (χ4n) is 2.31. The summed E-state index contributed by atoms with van der Waals surface area (Å²) in [6.07, 6.45) is 2.91. The zero-order valence-corrected chi connectivity index (χ0v) is 10.1. The minimum Gasteiger partial charge on any atom is -0.496 e. The summed E-state index contributed by atoms with van der Waals surface area (Å²) in [7, 11) is 1.72. The second-order valence-electron chi connectivity index (χ2n) is 4.15. The third-order valence-corrected chi connectivity index (χ3v) is 2.99. The van der Waals surface area contributed by atoms with E-state index < -0.39 is 0 Å². The standard InChI is InChI=1S/C13H18N2O/c1-8-6-9(2)13(16-3)11-10(4-5-14)7-15-12(8)11/h6-7,15H,4-5,14H2,1-3H3. The van der Waals surface area contributed by atoms with E-state index in [1.807, 2.05) is 6.20 Å². The summed E-state index contributed by atoms with van der Waals surface area (Å²) < 4.78 is 5.50. The number of fused-ring (bicyclic) bond motifs is 1. The van der Waals surface area contributed by atoms with Crippen molar-refractivity contribution in [2.75, 3.05) is 13.7 Å². The van der Waals surface area contributed by atoms with Crippen LogP contribution in [0.2, 0.25) is 0 Å². The normalized spacial score (nSPS) is 11.0. The van der Waals surface area contributed by atoms with Gasteiger partial charge in [0.25, 0.3) is 0 Å².